The molecule has 0 saturated heterocycles. The minimum absolute atomic E-state index is 0.417. The maximum absolute atomic E-state index is 6.11. The van der Waals surface area contributed by atoms with E-state index in [-0.39, 0.29) is 0 Å². The summed E-state index contributed by atoms with van der Waals surface area (Å²) in [6.45, 7) is 3.13. The van der Waals surface area contributed by atoms with E-state index >= 15 is 0 Å². The molecule has 0 aliphatic rings. The fourth-order valence-corrected chi connectivity index (χ4v) is 2.33. The van der Waals surface area contributed by atoms with Gasteiger partial charge >= 0.3 is 0 Å². The fraction of sp³-hybridized carbons (Fsp3) is 0.733. The van der Waals surface area contributed by atoms with Gasteiger partial charge in [-0.05, 0) is 6.42 Å². The molecular weight excluding hydrogens is 274 g/mol. The lowest BCUT2D eigenvalue weighted by Crippen LogP contribution is -2.05. The summed E-state index contributed by atoms with van der Waals surface area (Å²) in [4.78, 5) is 8.07. The molecule has 0 atom stereocenters. The first-order chi connectivity index (χ1) is 9.79. The zero-order valence-electron chi connectivity index (χ0n) is 12.6. The Hall–Kier alpha value is -1.03. The lowest BCUT2D eigenvalue weighted by Gasteiger charge is -2.08. The summed E-state index contributed by atoms with van der Waals surface area (Å²) in [5.41, 5.74) is 0. The van der Waals surface area contributed by atoms with E-state index in [9.17, 15) is 0 Å². The Morgan fingerprint density at radius 2 is 1.70 bits per heavy atom. The van der Waals surface area contributed by atoms with Crippen LogP contribution in [-0.2, 0) is 0 Å². The zero-order chi connectivity index (χ0) is 14.6. The van der Waals surface area contributed by atoms with E-state index < -0.39 is 0 Å². The number of hydrogen-bond acceptors (Lipinski definition) is 4. The van der Waals surface area contributed by atoms with Gasteiger partial charge in [0, 0.05) is 6.54 Å². The molecule has 0 bridgehead atoms. The number of methoxy groups -OCH3 is 1. The SMILES string of the molecule is CCCCCCCCCCNc1ncnc(OC)c1Cl. The van der Waals surface area contributed by atoms with Crippen LogP contribution in [-0.4, -0.2) is 23.6 Å². The molecule has 1 aromatic rings. The van der Waals surface area contributed by atoms with Crippen LogP contribution in [0.5, 0.6) is 5.88 Å². The predicted octanol–water partition coefficient (Wildman–Crippen LogP) is 4.69. The number of hydrogen-bond donors (Lipinski definition) is 1. The Morgan fingerprint density at radius 1 is 1.05 bits per heavy atom. The fourth-order valence-electron chi connectivity index (χ4n) is 2.08. The minimum atomic E-state index is 0.417. The summed E-state index contributed by atoms with van der Waals surface area (Å²) in [5, 5.41) is 3.69. The Morgan fingerprint density at radius 3 is 2.35 bits per heavy atom. The van der Waals surface area contributed by atoms with Crippen LogP contribution in [0.1, 0.15) is 58.3 Å². The molecule has 1 aromatic heterocycles. The highest BCUT2D eigenvalue weighted by molar-refractivity contribution is 6.34. The van der Waals surface area contributed by atoms with Gasteiger partial charge in [0.05, 0.1) is 7.11 Å². The maximum atomic E-state index is 6.11. The average molecular weight is 300 g/mol. The van der Waals surface area contributed by atoms with Crippen molar-refractivity contribution in [2.45, 2.75) is 58.3 Å². The molecule has 20 heavy (non-hydrogen) atoms. The van der Waals surface area contributed by atoms with Gasteiger partial charge in [-0.15, -0.1) is 0 Å². The van der Waals surface area contributed by atoms with Crippen LogP contribution in [0.25, 0.3) is 0 Å². The molecule has 0 unspecified atom stereocenters. The standard InChI is InChI=1S/C15H26ClN3O/c1-3-4-5-6-7-8-9-10-11-17-14-13(16)15(20-2)19-12-18-14/h12H,3-11H2,1-2H3,(H,17,18,19). The van der Waals surface area contributed by atoms with Gasteiger partial charge in [-0.2, -0.15) is 0 Å². The Balaban J connectivity index is 2.09. The molecule has 114 valence electrons. The van der Waals surface area contributed by atoms with E-state index in [2.05, 4.69) is 22.2 Å². The molecule has 0 aliphatic carbocycles. The van der Waals surface area contributed by atoms with E-state index in [0.717, 1.165) is 13.0 Å². The molecular formula is C15H26ClN3O. The lowest BCUT2D eigenvalue weighted by atomic mass is 10.1. The number of anilines is 1. The molecule has 0 aromatic carbocycles. The van der Waals surface area contributed by atoms with Crippen LogP contribution in [0.3, 0.4) is 0 Å². The van der Waals surface area contributed by atoms with E-state index in [1.807, 2.05) is 0 Å². The molecule has 5 heteroatoms. The average Bonchev–Trinajstić information content (AvgIpc) is 2.47. The van der Waals surface area contributed by atoms with Crippen LogP contribution in [0.4, 0.5) is 5.82 Å². The monoisotopic (exact) mass is 299 g/mol. The molecule has 0 radical (unpaired) electrons. The van der Waals surface area contributed by atoms with Crippen molar-refractivity contribution >= 4 is 17.4 Å². The van der Waals surface area contributed by atoms with Crippen molar-refractivity contribution in [1.29, 1.82) is 0 Å². The van der Waals surface area contributed by atoms with Crippen molar-refractivity contribution in [3.63, 3.8) is 0 Å². The number of nitrogens with zero attached hydrogens (tertiary/aromatic N) is 2. The maximum Gasteiger partial charge on any atom is 0.237 e. The molecule has 1 rings (SSSR count). The topological polar surface area (TPSA) is 47.0 Å². The third-order valence-corrected chi connectivity index (χ3v) is 3.61. The van der Waals surface area contributed by atoms with E-state index in [0.29, 0.717) is 16.7 Å². The molecule has 0 aliphatic heterocycles. The van der Waals surface area contributed by atoms with Crippen molar-refractivity contribution in [2.24, 2.45) is 0 Å². The first-order valence-electron chi connectivity index (χ1n) is 7.58. The molecule has 1 heterocycles. The lowest BCUT2D eigenvalue weighted by molar-refractivity contribution is 0.397. The van der Waals surface area contributed by atoms with Crippen LogP contribution in [0.15, 0.2) is 6.33 Å². The van der Waals surface area contributed by atoms with E-state index in [1.165, 1.54) is 51.3 Å². The van der Waals surface area contributed by atoms with Gasteiger partial charge in [0.25, 0.3) is 0 Å². The molecule has 0 amide bonds. The summed E-state index contributed by atoms with van der Waals surface area (Å²) in [6, 6.07) is 0. The number of unbranched alkanes of at least 4 members (excludes halogenated alkanes) is 7. The number of halogens is 1. The highest BCUT2D eigenvalue weighted by atomic mass is 35.5. The van der Waals surface area contributed by atoms with Gasteiger partial charge in [0.2, 0.25) is 5.88 Å². The highest BCUT2D eigenvalue weighted by Gasteiger charge is 2.08. The quantitative estimate of drug-likeness (QED) is 0.602. The van der Waals surface area contributed by atoms with Gasteiger partial charge in [-0.25, -0.2) is 9.97 Å². The number of ether oxygens (including phenoxy) is 1. The summed E-state index contributed by atoms with van der Waals surface area (Å²) in [7, 11) is 1.55. The van der Waals surface area contributed by atoms with Gasteiger partial charge in [-0.1, -0.05) is 63.5 Å². The van der Waals surface area contributed by atoms with Crippen molar-refractivity contribution in [2.75, 3.05) is 19.0 Å². The third-order valence-electron chi connectivity index (χ3n) is 3.27. The summed E-state index contributed by atoms with van der Waals surface area (Å²) < 4.78 is 5.05. The Labute approximate surface area is 127 Å². The zero-order valence-corrected chi connectivity index (χ0v) is 13.4. The molecule has 0 fully saturated rings. The number of rotatable bonds is 11. The second-order valence-electron chi connectivity index (χ2n) is 4.95. The van der Waals surface area contributed by atoms with Gasteiger partial charge < -0.3 is 10.1 Å². The third kappa shape index (κ3) is 6.42. The van der Waals surface area contributed by atoms with Crippen LogP contribution >= 0.6 is 11.6 Å². The van der Waals surface area contributed by atoms with Gasteiger partial charge in [0.15, 0.2) is 5.82 Å². The summed E-state index contributed by atoms with van der Waals surface area (Å²) in [5.74, 6) is 1.07. The summed E-state index contributed by atoms with van der Waals surface area (Å²) >= 11 is 6.11. The van der Waals surface area contributed by atoms with Gasteiger partial charge in [-0.3, -0.25) is 0 Å². The van der Waals surface area contributed by atoms with Crippen molar-refractivity contribution in [3.8, 4) is 5.88 Å². The van der Waals surface area contributed by atoms with Gasteiger partial charge in [0.1, 0.15) is 11.3 Å². The normalized spacial score (nSPS) is 10.6. The minimum Gasteiger partial charge on any atom is -0.480 e. The first kappa shape index (κ1) is 17.0. The first-order valence-corrected chi connectivity index (χ1v) is 7.95. The molecule has 0 saturated carbocycles. The van der Waals surface area contributed by atoms with Crippen molar-refractivity contribution < 1.29 is 4.74 Å². The predicted molar refractivity (Wildman–Crippen MR) is 84.7 cm³/mol. The molecule has 0 spiro atoms. The number of nitrogens with one attached hydrogen (secondary N) is 1. The van der Waals surface area contributed by atoms with Crippen LogP contribution < -0.4 is 10.1 Å². The second-order valence-corrected chi connectivity index (χ2v) is 5.33. The smallest absolute Gasteiger partial charge is 0.237 e. The second kappa shape index (κ2) is 10.7. The van der Waals surface area contributed by atoms with Crippen molar-refractivity contribution in [3.05, 3.63) is 11.3 Å². The van der Waals surface area contributed by atoms with Crippen LogP contribution in [0.2, 0.25) is 5.02 Å². The number of aromatic nitrogens is 2. The highest BCUT2D eigenvalue weighted by Crippen LogP contribution is 2.27. The Bertz CT molecular complexity index is 374. The molecule has 4 nitrogen and oxygen atoms in total. The Kier molecular flexibility index (Phi) is 9.13. The molecule has 1 N–H and O–H groups in total. The van der Waals surface area contributed by atoms with E-state index in [4.69, 9.17) is 16.3 Å². The van der Waals surface area contributed by atoms with Crippen LogP contribution in [0, 0.1) is 0 Å². The largest absolute Gasteiger partial charge is 0.480 e. The van der Waals surface area contributed by atoms with Crippen molar-refractivity contribution in [1.82, 2.24) is 9.97 Å². The van der Waals surface area contributed by atoms with E-state index in [1.54, 1.807) is 7.11 Å². The summed E-state index contributed by atoms with van der Waals surface area (Å²) in [6.07, 6.45) is 11.9.